The van der Waals surface area contributed by atoms with Crippen molar-refractivity contribution in [2.45, 2.75) is 26.8 Å². The van der Waals surface area contributed by atoms with E-state index in [4.69, 9.17) is 4.74 Å². The molecule has 0 aliphatic carbocycles. The van der Waals surface area contributed by atoms with E-state index >= 15 is 0 Å². The highest BCUT2D eigenvalue weighted by atomic mass is 32.1. The molecule has 0 N–H and O–H groups in total. The van der Waals surface area contributed by atoms with Crippen LogP contribution in [0, 0.1) is 6.92 Å². The van der Waals surface area contributed by atoms with Crippen molar-refractivity contribution < 1.29 is 9.53 Å². The summed E-state index contributed by atoms with van der Waals surface area (Å²) in [5.41, 5.74) is 1.72. The van der Waals surface area contributed by atoms with E-state index in [0.717, 1.165) is 21.7 Å². The zero-order valence-corrected chi connectivity index (χ0v) is 14.6. The lowest BCUT2D eigenvalue weighted by Crippen LogP contribution is -2.24. The number of thiophene rings is 1. The number of carbonyl (C=O) groups excluding carboxylic acids is 1. The number of rotatable bonds is 5. The van der Waals surface area contributed by atoms with Crippen molar-refractivity contribution in [2.75, 3.05) is 7.11 Å². The fourth-order valence-corrected chi connectivity index (χ4v) is 3.62. The number of carbonyl (C=O) groups is 1. The molecular formula is C18H18N2O3S. The van der Waals surface area contributed by atoms with Crippen molar-refractivity contribution in [3.05, 3.63) is 45.8 Å². The Balaban J connectivity index is 2.14. The number of nitrogens with zero attached hydrogens (tertiary/aromatic N) is 2. The van der Waals surface area contributed by atoms with Crippen LogP contribution in [0.3, 0.4) is 0 Å². The zero-order chi connectivity index (χ0) is 17.3. The average Bonchev–Trinajstić information content (AvgIpc) is 2.98. The molecule has 1 aromatic carbocycles. The van der Waals surface area contributed by atoms with Gasteiger partial charge >= 0.3 is 0 Å². The molecule has 0 radical (unpaired) electrons. The summed E-state index contributed by atoms with van der Waals surface area (Å²) in [6.45, 7) is 3.69. The fourth-order valence-electron chi connectivity index (χ4n) is 2.64. The Labute approximate surface area is 143 Å². The van der Waals surface area contributed by atoms with Gasteiger partial charge in [-0.3, -0.25) is 14.2 Å². The van der Waals surface area contributed by atoms with Gasteiger partial charge in [-0.05, 0) is 31.5 Å². The number of hydrogen-bond donors (Lipinski definition) is 0. The normalized spacial score (nSPS) is 11.0. The first-order valence-electron chi connectivity index (χ1n) is 7.63. The third-order valence-electron chi connectivity index (χ3n) is 3.97. The summed E-state index contributed by atoms with van der Waals surface area (Å²) in [6.07, 6.45) is 0.329. The standard InChI is InChI=1S/C18H18N2O3S/c1-11(21)8-9-20-12(2)19-17-16(18(20)22)15(10-24-17)13-4-6-14(23-3)7-5-13/h4-7,10H,8-9H2,1-3H3. The number of ether oxygens (including phenoxy) is 1. The summed E-state index contributed by atoms with van der Waals surface area (Å²) in [4.78, 5) is 29.5. The van der Waals surface area contributed by atoms with E-state index in [1.165, 1.54) is 18.3 Å². The van der Waals surface area contributed by atoms with Gasteiger partial charge in [0.2, 0.25) is 0 Å². The van der Waals surface area contributed by atoms with Gasteiger partial charge in [0.25, 0.3) is 5.56 Å². The van der Waals surface area contributed by atoms with E-state index in [0.29, 0.717) is 24.2 Å². The minimum absolute atomic E-state index is 0.0575. The molecule has 0 saturated carbocycles. The maximum atomic E-state index is 12.9. The highest BCUT2D eigenvalue weighted by molar-refractivity contribution is 7.17. The van der Waals surface area contributed by atoms with E-state index in [2.05, 4.69) is 4.98 Å². The lowest BCUT2D eigenvalue weighted by atomic mass is 10.1. The summed E-state index contributed by atoms with van der Waals surface area (Å²) in [6, 6.07) is 7.60. The molecule has 2 aromatic heterocycles. The van der Waals surface area contributed by atoms with Crippen LogP contribution in [0.4, 0.5) is 0 Å². The Morgan fingerprint density at radius 2 is 2.00 bits per heavy atom. The van der Waals surface area contributed by atoms with Crippen molar-refractivity contribution in [2.24, 2.45) is 0 Å². The topological polar surface area (TPSA) is 61.2 Å². The molecule has 0 aliphatic heterocycles. The van der Waals surface area contributed by atoms with Crippen LogP contribution in [0.1, 0.15) is 19.2 Å². The second-order valence-electron chi connectivity index (χ2n) is 5.63. The third kappa shape index (κ3) is 2.97. The Morgan fingerprint density at radius 1 is 1.29 bits per heavy atom. The lowest BCUT2D eigenvalue weighted by Gasteiger charge is -2.09. The molecule has 0 fully saturated rings. The van der Waals surface area contributed by atoms with Gasteiger partial charge in [0.1, 0.15) is 22.2 Å². The molecular weight excluding hydrogens is 324 g/mol. The number of aromatic nitrogens is 2. The lowest BCUT2D eigenvalue weighted by molar-refractivity contribution is -0.117. The Bertz CT molecular complexity index is 955. The van der Waals surface area contributed by atoms with Crippen molar-refractivity contribution in [1.82, 2.24) is 9.55 Å². The third-order valence-corrected chi connectivity index (χ3v) is 4.85. The van der Waals surface area contributed by atoms with Crippen molar-refractivity contribution in [1.29, 1.82) is 0 Å². The summed E-state index contributed by atoms with van der Waals surface area (Å²) in [5, 5.41) is 2.56. The zero-order valence-electron chi connectivity index (χ0n) is 13.8. The van der Waals surface area contributed by atoms with E-state index in [-0.39, 0.29) is 11.3 Å². The predicted molar refractivity (Wildman–Crippen MR) is 95.9 cm³/mol. The van der Waals surface area contributed by atoms with Crippen LogP contribution in [0.2, 0.25) is 0 Å². The monoisotopic (exact) mass is 342 g/mol. The molecule has 3 aromatic rings. The first kappa shape index (κ1) is 16.4. The van der Waals surface area contributed by atoms with Crippen LogP contribution in [0.15, 0.2) is 34.4 Å². The molecule has 5 nitrogen and oxygen atoms in total. The minimum atomic E-state index is -0.0918. The largest absolute Gasteiger partial charge is 0.497 e. The van der Waals surface area contributed by atoms with Crippen molar-refractivity contribution >= 4 is 27.3 Å². The molecule has 24 heavy (non-hydrogen) atoms. The summed E-state index contributed by atoms with van der Waals surface area (Å²) >= 11 is 1.46. The molecule has 0 aliphatic rings. The number of methoxy groups -OCH3 is 1. The molecule has 6 heteroatoms. The van der Waals surface area contributed by atoms with Gasteiger partial charge in [-0.25, -0.2) is 4.98 Å². The Hall–Kier alpha value is -2.47. The Morgan fingerprint density at radius 3 is 2.62 bits per heavy atom. The van der Waals surface area contributed by atoms with Crippen LogP contribution in [0.5, 0.6) is 5.75 Å². The van der Waals surface area contributed by atoms with Gasteiger partial charge in [-0.2, -0.15) is 0 Å². The molecule has 0 spiro atoms. The Kier molecular flexibility index (Phi) is 4.49. The molecule has 0 saturated heterocycles. The molecule has 0 bridgehead atoms. The van der Waals surface area contributed by atoms with Crippen molar-refractivity contribution in [3.63, 3.8) is 0 Å². The predicted octanol–water partition coefficient (Wildman–Crippen LogP) is 3.42. The van der Waals surface area contributed by atoms with Crippen LogP contribution in [0.25, 0.3) is 21.3 Å². The van der Waals surface area contributed by atoms with Gasteiger partial charge in [-0.1, -0.05) is 12.1 Å². The van der Waals surface area contributed by atoms with Crippen LogP contribution in [-0.2, 0) is 11.3 Å². The SMILES string of the molecule is COc1ccc(-c2csc3nc(C)n(CCC(C)=O)c(=O)c23)cc1. The van der Waals surface area contributed by atoms with Gasteiger partial charge in [0, 0.05) is 23.9 Å². The number of benzene rings is 1. The molecule has 124 valence electrons. The highest BCUT2D eigenvalue weighted by Gasteiger charge is 2.15. The average molecular weight is 342 g/mol. The van der Waals surface area contributed by atoms with Crippen LogP contribution < -0.4 is 10.3 Å². The van der Waals surface area contributed by atoms with E-state index < -0.39 is 0 Å². The van der Waals surface area contributed by atoms with E-state index in [1.54, 1.807) is 18.6 Å². The van der Waals surface area contributed by atoms with Gasteiger partial charge in [0.15, 0.2) is 0 Å². The second-order valence-corrected chi connectivity index (χ2v) is 6.48. The maximum absolute atomic E-state index is 12.9. The van der Waals surface area contributed by atoms with Crippen LogP contribution in [-0.4, -0.2) is 22.4 Å². The smallest absolute Gasteiger partial charge is 0.262 e. The van der Waals surface area contributed by atoms with E-state index in [9.17, 15) is 9.59 Å². The summed E-state index contributed by atoms with van der Waals surface area (Å²) in [7, 11) is 1.62. The maximum Gasteiger partial charge on any atom is 0.262 e. The number of aryl methyl sites for hydroxylation is 1. The van der Waals surface area contributed by atoms with Crippen molar-refractivity contribution in [3.8, 4) is 16.9 Å². The number of fused-ring (bicyclic) bond motifs is 1. The minimum Gasteiger partial charge on any atom is -0.497 e. The van der Waals surface area contributed by atoms with Gasteiger partial charge < -0.3 is 4.74 Å². The van der Waals surface area contributed by atoms with E-state index in [1.807, 2.05) is 29.6 Å². The molecule has 0 atom stereocenters. The fraction of sp³-hybridized carbons (Fsp3) is 0.278. The van der Waals surface area contributed by atoms with Gasteiger partial charge in [-0.15, -0.1) is 11.3 Å². The first-order valence-corrected chi connectivity index (χ1v) is 8.51. The highest BCUT2D eigenvalue weighted by Crippen LogP contribution is 2.31. The number of ketones is 1. The second kappa shape index (κ2) is 6.57. The molecule has 2 heterocycles. The van der Waals surface area contributed by atoms with Gasteiger partial charge in [0.05, 0.1) is 12.5 Å². The molecule has 0 unspecified atom stereocenters. The molecule has 3 rings (SSSR count). The summed E-state index contributed by atoms with van der Waals surface area (Å²) < 4.78 is 6.77. The first-order chi connectivity index (χ1) is 11.5. The molecule has 0 amide bonds. The number of hydrogen-bond acceptors (Lipinski definition) is 5. The van der Waals surface area contributed by atoms with Crippen LogP contribution >= 0.6 is 11.3 Å². The number of Topliss-reactive ketones (excluding diaryl/α,β-unsaturated/α-hetero) is 1. The summed E-state index contributed by atoms with van der Waals surface area (Å²) in [5.74, 6) is 1.46. The quantitative estimate of drug-likeness (QED) is 0.713.